The second-order valence-electron chi connectivity index (χ2n) is 5.50. The molecule has 0 radical (unpaired) electrons. The van der Waals surface area contributed by atoms with Crippen molar-refractivity contribution >= 4 is 17.3 Å². The zero-order chi connectivity index (χ0) is 17.0. The molecule has 0 aliphatic carbocycles. The third-order valence-corrected chi connectivity index (χ3v) is 3.74. The second kappa shape index (κ2) is 7.05. The normalized spacial score (nSPS) is 10.4. The summed E-state index contributed by atoms with van der Waals surface area (Å²) in [6, 6.07) is 12.3. The molecule has 0 saturated carbocycles. The standard InChI is InChI=1S/C18H20N2O3/c1-4-11-19(15-8-5-7-13(2)12-15)18(21)16-9-6-10-17(14(16)3)20(22)23/h5-10,12H,4,11H2,1-3H3. The summed E-state index contributed by atoms with van der Waals surface area (Å²) < 4.78 is 0. The smallest absolute Gasteiger partial charge is 0.273 e. The summed E-state index contributed by atoms with van der Waals surface area (Å²) in [5.74, 6) is -0.210. The Morgan fingerprint density at radius 2 is 1.87 bits per heavy atom. The van der Waals surface area contributed by atoms with Crippen LogP contribution in [0, 0.1) is 24.0 Å². The van der Waals surface area contributed by atoms with E-state index in [-0.39, 0.29) is 11.6 Å². The number of carbonyl (C=O) groups is 1. The molecule has 5 heteroatoms. The van der Waals surface area contributed by atoms with Crippen LogP contribution in [-0.4, -0.2) is 17.4 Å². The van der Waals surface area contributed by atoms with Crippen LogP contribution in [0.15, 0.2) is 42.5 Å². The number of aryl methyl sites for hydroxylation is 1. The molecule has 120 valence electrons. The summed E-state index contributed by atoms with van der Waals surface area (Å²) in [5.41, 5.74) is 2.61. The highest BCUT2D eigenvalue weighted by atomic mass is 16.6. The maximum Gasteiger partial charge on any atom is 0.273 e. The lowest BCUT2D eigenvalue weighted by Gasteiger charge is -2.23. The number of benzene rings is 2. The van der Waals surface area contributed by atoms with Gasteiger partial charge in [-0.2, -0.15) is 0 Å². The van der Waals surface area contributed by atoms with E-state index in [0.29, 0.717) is 17.7 Å². The first-order chi connectivity index (χ1) is 11.0. The number of rotatable bonds is 5. The van der Waals surface area contributed by atoms with Crippen LogP contribution < -0.4 is 4.90 Å². The Labute approximate surface area is 135 Å². The highest BCUT2D eigenvalue weighted by molar-refractivity contribution is 6.07. The van der Waals surface area contributed by atoms with Crippen molar-refractivity contribution in [3.63, 3.8) is 0 Å². The topological polar surface area (TPSA) is 63.5 Å². The van der Waals surface area contributed by atoms with Crippen molar-refractivity contribution in [3.05, 3.63) is 69.3 Å². The van der Waals surface area contributed by atoms with Crippen LogP contribution in [0.1, 0.15) is 34.8 Å². The lowest BCUT2D eigenvalue weighted by molar-refractivity contribution is -0.385. The zero-order valence-electron chi connectivity index (χ0n) is 13.6. The lowest BCUT2D eigenvalue weighted by Crippen LogP contribution is -2.32. The number of nitro benzene ring substituents is 1. The molecule has 23 heavy (non-hydrogen) atoms. The fourth-order valence-corrected chi connectivity index (χ4v) is 2.57. The summed E-state index contributed by atoms with van der Waals surface area (Å²) in [7, 11) is 0. The van der Waals surface area contributed by atoms with Gasteiger partial charge in [-0.15, -0.1) is 0 Å². The molecule has 2 aromatic carbocycles. The molecular weight excluding hydrogens is 292 g/mol. The van der Waals surface area contributed by atoms with Gasteiger partial charge in [-0.3, -0.25) is 14.9 Å². The molecule has 0 aliphatic heterocycles. The van der Waals surface area contributed by atoms with Crippen LogP contribution in [0.25, 0.3) is 0 Å². The summed E-state index contributed by atoms with van der Waals surface area (Å²) in [4.78, 5) is 25.3. The summed E-state index contributed by atoms with van der Waals surface area (Å²) >= 11 is 0. The molecule has 0 bridgehead atoms. The first-order valence-corrected chi connectivity index (χ1v) is 7.58. The Hall–Kier alpha value is -2.69. The number of amides is 1. The minimum Gasteiger partial charge on any atom is -0.308 e. The molecule has 0 atom stereocenters. The number of hydrogen-bond donors (Lipinski definition) is 0. The molecule has 0 fully saturated rings. The molecule has 0 saturated heterocycles. The van der Waals surface area contributed by atoms with Gasteiger partial charge in [-0.25, -0.2) is 0 Å². The third-order valence-electron chi connectivity index (χ3n) is 3.74. The van der Waals surface area contributed by atoms with Gasteiger partial charge in [0.2, 0.25) is 0 Å². The molecule has 2 rings (SSSR count). The highest BCUT2D eigenvalue weighted by Gasteiger charge is 2.23. The van der Waals surface area contributed by atoms with Crippen LogP contribution in [0.4, 0.5) is 11.4 Å². The van der Waals surface area contributed by atoms with Gasteiger partial charge in [0, 0.05) is 29.4 Å². The van der Waals surface area contributed by atoms with E-state index in [1.54, 1.807) is 24.0 Å². The Bertz CT molecular complexity index is 741. The molecule has 0 spiro atoms. The van der Waals surface area contributed by atoms with E-state index in [1.807, 2.05) is 38.1 Å². The monoisotopic (exact) mass is 312 g/mol. The van der Waals surface area contributed by atoms with Gasteiger partial charge in [0.25, 0.3) is 11.6 Å². The van der Waals surface area contributed by atoms with E-state index in [1.165, 1.54) is 6.07 Å². The number of nitrogens with zero attached hydrogens (tertiary/aromatic N) is 2. The van der Waals surface area contributed by atoms with Crippen LogP contribution in [0.3, 0.4) is 0 Å². The Morgan fingerprint density at radius 3 is 2.48 bits per heavy atom. The number of anilines is 1. The van der Waals surface area contributed by atoms with Gasteiger partial charge < -0.3 is 4.90 Å². The molecule has 0 N–H and O–H groups in total. The van der Waals surface area contributed by atoms with E-state index < -0.39 is 4.92 Å². The first kappa shape index (κ1) is 16.7. The van der Waals surface area contributed by atoms with Gasteiger partial charge in [0.15, 0.2) is 0 Å². The van der Waals surface area contributed by atoms with Crippen molar-refractivity contribution in [2.75, 3.05) is 11.4 Å². The molecule has 0 aliphatic rings. The molecule has 0 heterocycles. The van der Waals surface area contributed by atoms with Gasteiger partial charge in [-0.1, -0.05) is 25.1 Å². The highest BCUT2D eigenvalue weighted by Crippen LogP contribution is 2.25. The van der Waals surface area contributed by atoms with Crippen molar-refractivity contribution < 1.29 is 9.72 Å². The summed E-state index contributed by atoms with van der Waals surface area (Å²) in [6.45, 7) is 6.14. The van der Waals surface area contributed by atoms with E-state index in [0.717, 1.165) is 17.7 Å². The number of carbonyl (C=O) groups excluding carboxylic acids is 1. The number of hydrogen-bond acceptors (Lipinski definition) is 3. The lowest BCUT2D eigenvalue weighted by atomic mass is 10.0. The average molecular weight is 312 g/mol. The fourth-order valence-electron chi connectivity index (χ4n) is 2.57. The maximum absolute atomic E-state index is 12.9. The van der Waals surface area contributed by atoms with Gasteiger partial charge in [0.05, 0.1) is 4.92 Å². The molecule has 2 aromatic rings. The zero-order valence-corrected chi connectivity index (χ0v) is 13.6. The Balaban J connectivity index is 2.47. The minimum absolute atomic E-state index is 0.0310. The van der Waals surface area contributed by atoms with Crippen molar-refractivity contribution in [2.24, 2.45) is 0 Å². The van der Waals surface area contributed by atoms with E-state index in [9.17, 15) is 14.9 Å². The fraction of sp³-hybridized carbons (Fsp3) is 0.278. The minimum atomic E-state index is -0.455. The van der Waals surface area contributed by atoms with Gasteiger partial charge in [-0.05, 0) is 44.0 Å². The summed E-state index contributed by atoms with van der Waals surface area (Å²) in [5, 5.41) is 11.1. The Morgan fingerprint density at radius 1 is 1.17 bits per heavy atom. The quantitative estimate of drug-likeness (QED) is 0.612. The maximum atomic E-state index is 12.9. The molecular formula is C18H20N2O3. The van der Waals surface area contributed by atoms with Crippen LogP contribution in [-0.2, 0) is 0 Å². The predicted molar refractivity (Wildman–Crippen MR) is 91.0 cm³/mol. The van der Waals surface area contributed by atoms with Gasteiger partial charge >= 0.3 is 0 Å². The summed E-state index contributed by atoms with van der Waals surface area (Å²) in [6.07, 6.45) is 0.799. The van der Waals surface area contributed by atoms with Crippen molar-refractivity contribution in [2.45, 2.75) is 27.2 Å². The Kier molecular flexibility index (Phi) is 5.11. The largest absolute Gasteiger partial charge is 0.308 e. The molecule has 1 amide bonds. The van der Waals surface area contributed by atoms with E-state index >= 15 is 0 Å². The van der Waals surface area contributed by atoms with Crippen molar-refractivity contribution in [3.8, 4) is 0 Å². The van der Waals surface area contributed by atoms with E-state index in [4.69, 9.17) is 0 Å². The van der Waals surface area contributed by atoms with Crippen molar-refractivity contribution in [1.82, 2.24) is 0 Å². The average Bonchev–Trinajstić information content (AvgIpc) is 2.52. The third kappa shape index (κ3) is 3.56. The van der Waals surface area contributed by atoms with Crippen LogP contribution >= 0.6 is 0 Å². The van der Waals surface area contributed by atoms with Crippen LogP contribution in [0.5, 0.6) is 0 Å². The van der Waals surface area contributed by atoms with Gasteiger partial charge in [0.1, 0.15) is 0 Å². The molecule has 5 nitrogen and oxygen atoms in total. The predicted octanol–water partition coefficient (Wildman–Crippen LogP) is 4.27. The van der Waals surface area contributed by atoms with E-state index in [2.05, 4.69) is 0 Å². The molecule has 0 unspecified atom stereocenters. The molecule has 0 aromatic heterocycles. The number of nitro groups is 1. The first-order valence-electron chi connectivity index (χ1n) is 7.58. The SMILES string of the molecule is CCCN(C(=O)c1cccc([N+](=O)[O-])c1C)c1cccc(C)c1. The van der Waals surface area contributed by atoms with Crippen molar-refractivity contribution in [1.29, 1.82) is 0 Å². The van der Waals surface area contributed by atoms with Crippen LogP contribution in [0.2, 0.25) is 0 Å². The second-order valence-corrected chi connectivity index (χ2v) is 5.50.